The van der Waals surface area contributed by atoms with Crippen molar-refractivity contribution >= 4 is 0 Å². The number of benzene rings is 2. The third-order valence-electron chi connectivity index (χ3n) is 3.87. The Kier molecular flexibility index (Phi) is 3.36. The fourth-order valence-corrected chi connectivity index (χ4v) is 2.90. The average Bonchev–Trinajstić information content (AvgIpc) is 2.95. The lowest BCUT2D eigenvalue weighted by atomic mass is 9.84. The molecule has 2 nitrogen and oxygen atoms in total. The second-order valence-corrected chi connectivity index (χ2v) is 5.02. The van der Waals surface area contributed by atoms with Gasteiger partial charge in [0.2, 0.25) is 0 Å². The highest BCUT2D eigenvalue weighted by molar-refractivity contribution is 5.37. The van der Waals surface area contributed by atoms with Gasteiger partial charge in [-0.15, -0.1) is 0 Å². The van der Waals surface area contributed by atoms with Crippen molar-refractivity contribution in [2.45, 2.75) is 24.5 Å². The maximum atomic E-state index is 9.37. The molecule has 0 amide bonds. The van der Waals surface area contributed by atoms with Crippen LogP contribution in [-0.4, -0.2) is 17.8 Å². The summed E-state index contributed by atoms with van der Waals surface area (Å²) < 4.78 is 6.22. The van der Waals surface area contributed by atoms with Crippen LogP contribution in [0.5, 0.6) is 0 Å². The van der Waals surface area contributed by atoms with Gasteiger partial charge in [0.25, 0.3) is 0 Å². The summed E-state index contributed by atoms with van der Waals surface area (Å²) in [5.41, 5.74) is 1.92. The zero-order chi connectivity index (χ0) is 13.1. The van der Waals surface area contributed by atoms with Gasteiger partial charge in [-0.05, 0) is 24.0 Å². The van der Waals surface area contributed by atoms with Crippen molar-refractivity contribution in [3.8, 4) is 0 Å². The zero-order valence-electron chi connectivity index (χ0n) is 10.8. The number of rotatable bonds is 3. The first kappa shape index (κ1) is 12.4. The Hall–Kier alpha value is -1.64. The minimum Gasteiger partial charge on any atom is -0.394 e. The Morgan fingerprint density at radius 1 is 0.947 bits per heavy atom. The van der Waals surface area contributed by atoms with E-state index in [0.29, 0.717) is 0 Å². The van der Waals surface area contributed by atoms with Crippen LogP contribution >= 0.6 is 0 Å². The standard InChI is InChI=1S/C17H18O2/c18-13-16-11-12-17(19-16,14-7-3-1-4-8-14)15-9-5-2-6-10-15/h1-10,16,18H,11-13H2/t16-/m0/s1. The second kappa shape index (κ2) is 5.16. The van der Waals surface area contributed by atoms with Gasteiger partial charge >= 0.3 is 0 Å². The second-order valence-electron chi connectivity index (χ2n) is 5.02. The van der Waals surface area contributed by atoms with E-state index in [-0.39, 0.29) is 12.7 Å². The van der Waals surface area contributed by atoms with Crippen LogP contribution in [0.2, 0.25) is 0 Å². The molecule has 0 bridgehead atoms. The average molecular weight is 254 g/mol. The summed E-state index contributed by atoms with van der Waals surface area (Å²) in [6.45, 7) is 0.0847. The predicted molar refractivity (Wildman–Crippen MR) is 74.9 cm³/mol. The summed E-state index contributed by atoms with van der Waals surface area (Å²) in [4.78, 5) is 0. The lowest BCUT2D eigenvalue weighted by Gasteiger charge is -2.30. The minimum atomic E-state index is -0.407. The van der Waals surface area contributed by atoms with Crippen molar-refractivity contribution in [3.05, 3.63) is 71.8 Å². The fourth-order valence-electron chi connectivity index (χ4n) is 2.90. The smallest absolute Gasteiger partial charge is 0.119 e. The van der Waals surface area contributed by atoms with E-state index in [9.17, 15) is 5.11 Å². The van der Waals surface area contributed by atoms with Gasteiger partial charge in [-0.25, -0.2) is 0 Å². The van der Waals surface area contributed by atoms with Crippen molar-refractivity contribution in [1.82, 2.24) is 0 Å². The number of hydrogen-bond donors (Lipinski definition) is 1. The van der Waals surface area contributed by atoms with Gasteiger partial charge in [0.05, 0.1) is 12.7 Å². The van der Waals surface area contributed by atoms with Gasteiger partial charge in [0, 0.05) is 0 Å². The van der Waals surface area contributed by atoms with E-state index in [1.165, 1.54) is 0 Å². The molecule has 2 heteroatoms. The van der Waals surface area contributed by atoms with Gasteiger partial charge in [-0.2, -0.15) is 0 Å². The summed E-state index contributed by atoms with van der Waals surface area (Å²) in [5.74, 6) is 0. The molecule has 2 aromatic carbocycles. The molecule has 2 aromatic rings. The lowest BCUT2D eigenvalue weighted by Crippen LogP contribution is -2.28. The molecule has 0 spiro atoms. The van der Waals surface area contributed by atoms with E-state index in [2.05, 4.69) is 24.3 Å². The molecule has 0 unspecified atom stereocenters. The van der Waals surface area contributed by atoms with Gasteiger partial charge < -0.3 is 9.84 Å². The van der Waals surface area contributed by atoms with Crippen LogP contribution in [0, 0.1) is 0 Å². The van der Waals surface area contributed by atoms with Crippen LogP contribution in [-0.2, 0) is 10.3 Å². The summed E-state index contributed by atoms with van der Waals surface area (Å²) in [7, 11) is 0. The van der Waals surface area contributed by atoms with Crippen molar-refractivity contribution in [1.29, 1.82) is 0 Å². The number of aliphatic hydroxyl groups is 1. The Morgan fingerprint density at radius 3 is 1.89 bits per heavy atom. The SMILES string of the molecule is OC[C@@H]1CCC(c2ccccc2)(c2ccccc2)O1. The Bertz CT molecular complexity index is 482. The summed E-state index contributed by atoms with van der Waals surface area (Å²) in [5, 5.41) is 9.37. The molecular formula is C17H18O2. The van der Waals surface area contributed by atoms with Gasteiger partial charge in [-0.3, -0.25) is 0 Å². The zero-order valence-corrected chi connectivity index (χ0v) is 10.8. The van der Waals surface area contributed by atoms with Crippen molar-refractivity contribution in [3.63, 3.8) is 0 Å². The molecular weight excluding hydrogens is 236 g/mol. The van der Waals surface area contributed by atoms with Gasteiger partial charge in [-0.1, -0.05) is 60.7 Å². The molecule has 19 heavy (non-hydrogen) atoms. The van der Waals surface area contributed by atoms with Crippen LogP contribution in [0.4, 0.5) is 0 Å². The van der Waals surface area contributed by atoms with E-state index in [4.69, 9.17) is 4.74 Å². The highest BCUT2D eigenvalue weighted by atomic mass is 16.5. The van der Waals surface area contributed by atoms with Crippen molar-refractivity contribution in [2.75, 3.05) is 6.61 Å². The first-order valence-corrected chi connectivity index (χ1v) is 6.75. The summed E-state index contributed by atoms with van der Waals surface area (Å²) in [6.07, 6.45) is 1.73. The molecule has 1 aliphatic rings. The molecule has 0 aliphatic carbocycles. The maximum Gasteiger partial charge on any atom is 0.119 e. The van der Waals surface area contributed by atoms with E-state index in [1.54, 1.807) is 0 Å². The quantitative estimate of drug-likeness (QED) is 0.912. The normalized spacial score (nSPS) is 21.4. The largest absolute Gasteiger partial charge is 0.394 e. The Morgan fingerprint density at radius 2 is 1.47 bits per heavy atom. The van der Waals surface area contributed by atoms with Gasteiger partial charge in [0.1, 0.15) is 5.60 Å². The van der Waals surface area contributed by atoms with E-state index < -0.39 is 5.60 Å². The van der Waals surface area contributed by atoms with E-state index in [0.717, 1.165) is 24.0 Å². The Labute approximate surface area is 113 Å². The van der Waals surface area contributed by atoms with Crippen LogP contribution in [0.25, 0.3) is 0 Å². The topological polar surface area (TPSA) is 29.5 Å². The predicted octanol–water partition coefficient (Wildman–Crippen LogP) is 3.10. The number of aliphatic hydroxyl groups excluding tert-OH is 1. The molecule has 1 N–H and O–H groups in total. The minimum absolute atomic E-state index is 0.0691. The molecule has 1 fully saturated rings. The molecule has 0 saturated carbocycles. The third kappa shape index (κ3) is 2.18. The summed E-state index contributed by atoms with van der Waals surface area (Å²) >= 11 is 0. The van der Waals surface area contributed by atoms with Crippen molar-refractivity contribution in [2.24, 2.45) is 0 Å². The van der Waals surface area contributed by atoms with E-state index >= 15 is 0 Å². The van der Waals surface area contributed by atoms with Crippen molar-refractivity contribution < 1.29 is 9.84 Å². The van der Waals surface area contributed by atoms with Crippen LogP contribution in [0.3, 0.4) is 0 Å². The molecule has 0 aromatic heterocycles. The molecule has 98 valence electrons. The molecule has 1 aliphatic heterocycles. The van der Waals surface area contributed by atoms with Crippen LogP contribution in [0.15, 0.2) is 60.7 Å². The number of hydrogen-bond acceptors (Lipinski definition) is 2. The third-order valence-corrected chi connectivity index (χ3v) is 3.87. The molecule has 0 radical (unpaired) electrons. The fraction of sp³-hybridized carbons (Fsp3) is 0.294. The van der Waals surface area contributed by atoms with Crippen LogP contribution in [0.1, 0.15) is 24.0 Å². The molecule has 1 saturated heterocycles. The van der Waals surface area contributed by atoms with E-state index in [1.807, 2.05) is 36.4 Å². The molecule has 3 rings (SSSR count). The highest BCUT2D eigenvalue weighted by Crippen LogP contribution is 2.44. The van der Waals surface area contributed by atoms with Crippen LogP contribution < -0.4 is 0 Å². The molecule has 1 atom stereocenters. The lowest BCUT2D eigenvalue weighted by molar-refractivity contribution is -0.0384. The van der Waals surface area contributed by atoms with Gasteiger partial charge in [0.15, 0.2) is 0 Å². The molecule has 1 heterocycles. The highest BCUT2D eigenvalue weighted by Gasteiger charge is 2.42. The summed E-state index contributed by atoms with van der Waals surface area (Å²) in [6, 6.07) is 20.6. The first-order valence-electron chi connectivity index (χ1n) is 6.75. The first-order chi connectivity index (χ1) is 9.35. The Balaban J connectivity index is 2.07. The monoisotopic (exact) mass is 254 g/mol. The number of ether oxygens (including phenoxy) is 1. The maximum absolute atomic E-state index is 9.37.